The van der Waals surface area contributed by atoms with E-state index in [9.17, 15) is 4.79 Å². The van der Waals surface area contributed by atoms with Gasteiger partial charge in [-0.3, -0.25) is 4.79 Å². The molecule has 104 valence electrons. The second-order valence-corrected chi connectivity index (χ2v) is 5.37. The van der Waals surface area contributed by atoms with Crippen LogP contribution in [-0.4, -0.2) is 32.8 Å². The van der Waals surface area contributed by atoms with Crippen molar-refractivity contribution in [2.45, 2.75) is 18.9 Å². The summed E-state index contributed by atoms with van der Waals surface area (Å²) in [6.45, 7) is 1.03. The van der Waals surface area contributed by atoms with Gasteiger partial charge < -0.3 is 14.8 Å². The normalized spacial score (nSPS) is 17.3. The maximum atomic E-state index is 11.8. The lowest BCUT2D eigenvalue weighted by molar-refractivity contribution is -0.126. The van der Waals surface area contributed by atoms with Crippen molar-refractivity contribution in [2.75, 3.05) is 26.9 Å². The Morgan fingerprint density at radius 3 is 3.11 bits per heavy atom. The Bertz CT molecular complexity index is 450. The number of carbonyl (C=O) groups excluding carboxylic acids is 1. The first kappa shape index (κ1) is 14.5. The van der Waals surface area contributed by atoms with E-state index in [4.69, 9.17) is 9.47 Å². The lowest BCUT2D eigenvalue weighted by atomic mass is 10.1. The Kier molecular flexibility index (Phi) is 5.36. The molecule has 1 aromatic rings. The number of carbonyl (C=O) groups is 1. The third-order valence-electron chi connectivity index (χ3n) is 3.21. The van der Waals surface area contributed by atoms with E-state index in [-0.39, 0.29) is 18.6 Å². The molecule has 1 N–H and O–H groups in total. The number of benzene rings is 1. The van der Waals surface area contributed by atoms with Crippen molar-refractivity contribution >= 4 is 21.8 Å². The molecule has 2 rings (SSSR count). The van der Waals surface area contributed by atoms with Gasteiger partial charge in [0.25, 0.3) is 0 Å². The van der Waals surface area contributed by atoms with E-state index >= 15 is 0 Å². The van der Waals surface area contributed by atoms with Crippen LogP contribution in [0, 0.1) is 0 Å². The van der Waals surface area contributed by atoms with Crippen LogP contribution in [0.4, 0.5) is 0 Å². The van der Waals surface area contributed by atoms with Gasteiger partial charge in [0.1, 0.15) is 6.61 Å². The zero-order valence-corrected chi connectivity index (χ0v) is 12.5. The fourth-order valence-corrected chi connectivity index (χ4v) is 2.88. The molecule has 1 amide bonds. The molecule has 1 aromatic carbocycles. The third-order valence-corrected chi connectivity index (χ3v) is 3.96. The number of methoxy groups -OCH3 is 1. The van der Waals surface area contributed by atoms with Gasteiger partial charge in [-0.2, -0.15) is 0 Å². The van der Waals surface area contributed by atoms with Gasteiger partial charge >= 0.3 is 0 Å². The Morgan fingerprint density at radius 1 is 1.47 bits per heavy atom. The molecular weight excluding hydrogens is 310 g/mol. The molecule has 1 atom stereocenters. The zero-order valence-electron chi connectivity index (χ0n) is 10.9. The molecule has 19 heavy (non-hydrogen) atoms. The van der Waals surface area contributed by atoms with Gasteiger partial charge in [-0.15, -0.1) is 0 Å². The van der Waals surface area contributed by atoms with Crippen LogP contribution in [-0.2, 0) is 20.7 Å². The fourth-order valence-electron chi connectivity index (χ4n) is 2.30. The van der Waals surface area contributed by atoms with Crippen LogP contribution in [0.1, 0.15) is 23.6 Å². The molecule has 4 nitrogen and oxygen atoms in total. The van der Waals surface area contributed by atoms with E-state index < -0.39 is 0 Å². The van der Waals surface area contributed by atoms with Crippen LogP contribution in [0.25, 0.3) is 0 Å². The van der Waals surface area contributed by atoms with Crippen molar-refractivity contribution in [3.05, 3.63) is 33.8 Å². The summed E-state index contributed by atoms with van der Waals surface area (Å²) in [7, 11) is 1.61. The van der Waals surface area contributed by atoms with E-state index in [0.717, 1.165) is 17.3 Å². The van der Waals surface area contributed by atoms with E-state index in [2.05, 4.69) is 27.3 Å². The van der Waals surface area contributed by atoms with Crippen molar-refractivity contribution in [3.63, 3.8) is 0 Å². The zero-order chi connectivity index (χ0) is 13.7. The minimum absolute atomic E-state index is 0.0751. The quantitative estimate of drug-likeness (QED) is 0.815. The average molecular weight is 328 g/mol. The molecule has 0 saturated heterocycles. The predicted molar refractivity (Wildman–Crippen MR) is 76.0 cm³/mol. The summed E-state index contributed by atoms with van der Waals surface area (Å²) in [6.07, 6.45) is 1.94. The first-order valence-electron chi connectivity index (χ1n) is 6.35. The summed E-state index contributed by atoms with van der Waals surface area (Å²) in [5, 5.41) is 3.01. The van der Waals surface area contributed by atoms with Gasteiger partial charge in [0.05, 0.1) is 19.3 Å². The van der Waals surface area contributed by atoms with Gasteiger partial charge in [-0.05, 0) is 30.0 Å². The SMILES string of the molecule is COCCOCC(=O)N[C@@H]1CCc2c(Br)cccc21. The summed E-state index contributed by atoms with van der Waals surface area (Å²) in [4.78, 5) is 11.8. The van der Waals surface area contributed by atoms with Gasteiger partial charge in [-0.25, -0.2) is 0 Å². The first-order valence-corrected chi connectivity index (χ1v) is 7.15. The van der Waals surface area contributed by atoms with Crippen molar-refractivity contribution in [2.24, 2.45) is 0 Å². The lowest BCUT2D eigenvalue weighted by Crippen LogP contribution is -2.31. The maximum absolute atomic E-state index is 11.8. The Balaban J connectivity index is 1.85. The molecule has 1 aliphatic carbocycles. The Hall–Kier alpha value is -0.910. The van der Waals surface area contributed by atoms with Crippen LogP contribution < -0.4 is 5.32 Å². The highest BCUT2D eigenvalue weighted by molar-refractivity contribution is 9.10. The number of fused-ring (bicyclic) bond motifs is 1. The van der Waals surface area contributed by atoms with Gasteiger partial charge in [0, 0.05) is 11.6 Å². The molecule has 0 heterocycles. The molecule has 0 radical (unpaired) electrons. The minimum Gasteiger partial charge on any atom is -0.382 e. The largest absolute Gasteiger partial charge is 0.382 e. The summed E-state index contributed by atoms with van der Waals surface area (Å²) < 4.78 is 11.2. The molecule has 5 heteroatoms. The number of hydrogen-bond acceptors (Lipinski definition) is 3. The highest BCUT2D eigenvalue weighted by Crippen LogP contribution is 2.35. The summed E-state index contributed by atoms with van der Waals surface area (Å²) >= 11 is 3.55. The van der Waals surface area contributed by atoms with Crippen LogP contribution >= 0.6 is 15.9 Å². The topological polar surface area (TPSA) is 47.6 Å². The second-order valence-electron chi connectivity index (χ2n) is 4.51. The molecule has 0 bridgehead atoms. The Morgan fingerprint density at radius 2 is 2.32 bits per heavy atom. The smallest absolute Gasteiger partial charge is 0.246 e. The third kappa shape index (κ3) is 3.78. The van der Waals surface area contributed by atoms with Crippen molar-refractivity contribution in [3.8, 4) is 0 Å². The number of hydrogen-bond donors (Lipinski definition) is 1. The molecule has 1 aliphatic rings. The second kappa shape index (κ2) is 7.03. The highest BCUT2D eigenvalue weighted by atomic mass is 79.9. The molecule has 0 aromatic heterocycles. The molecule has 0 spiro atoms. The van der Waals surface area contributed by atoms with Gasteiger partial charge in [0.15, 0.2) is 0 Å². The van der Waals surface area contributed by atoms with E-state index in [0.29, 0.717) is 13.2 Å². The standard InChI is InChI=1S/C14H18BrNO3/c1-18-7-8-19-9-14(17)16-13-6-5-10-11(13)3-2-4-12(10)15/h2-4,13H,5-9H2,1H3,(H,16,17)/t13-/m1/s1. The minimum atomic E-state index is -0.0751. The van der Waals surface area contributed by atoms with Crippen LogP contribution in [0.2, 0.25) is 0 Å². The van der Waals surface area contributed by atoms with Crippen LogP contribution in [0.5, 0.6) is 0 Å². The number of nitrogens with one attached hydrogen (secondary N) is 1. The first-order chi connectivity index (χ1) is 9.22. The molecule has 0 saturated carbocycles. The number of halogens is 1. The van der Waals surface area contributed by atoms with Crippen molar-refractivity contribution in [1.82, 2.24) is 5.32 Å². The summed E-state index contributed by atoms with van der Waals surface area (Å²) in [5.74, 6) is -0.0751. The lowest BCUT2D eigenvalue weighted by Gasteiger charge is -2.14. The van der Waals surface area contributed by atoms with E-state index in [1.54, 1.807) is 7.11 Å². The molecule has 0 fully saturated rings. The summed E-state index contributed by atoms with van der Waals surface area (Å²) in [6, 6.07) is 6.22. The Labute approximate surface area is 121 Å². The van der Waals surface area contributed by atoms with Crippen molar-refractivity contribution in [1.29, 1.82) is 0 Å². The van der Waals surface area contributed by atoms with E-state index in [1.807, 2.05) is 12.1 Å². The van der Waals surface area contributed by atoms with Crippen LogP contribution in [0.3, 0.4) is 0 Å². The molecule has 0 unspecified atom stereocenters. The predicted octanol–water partition coefficient (Wildman–Crippen LogP) is 2.22. The maximum Gasteiger partial charge on any atom is 0.246 e. The number of amides is 1. The molecule has 0 aliphatic heterocycles. The van der Waals surface area contributed by atoms with Gasteiger partial charge in [-0.1, -0.05) is 28.1 Å². The molecular formula is C14H18BrNO3. The van der Waals surface area contributed by atoms with Gasteiger partial charge in [0.2, 0.25) is 5.91 Å². The number of rotatable bonds is 6. The van der Waals surface area contributed by atoms with E-state index in [1.165, 1.54) is 11.1 Å². The fraction of sp³-hybridized carbons (Fsp3) is 0.500. The number of ether oxygens (including phenoxy) is 2. The monoisotopic (exact) mass is 327 g/mol. The summed E-state index contributed by atoms with van der Waals surface area (Å²) in [5.41, 5.74) is 2.51. The van der Waals surface area contributed by atoms with Crippen molar-refractivity contribution < 1.29 is 14.3 Å². The highest BCUT2D eigenvalue weighted by Gasteiger charge is 2.25. The van der Waals surface area contributed by atoms with Crippen LogP contribution in [0.15, 0.2) is 22.7 Å². The average Bonchev–Trinajstić information content (AvgIpc) is 2.80.